The fourth-order valence-electron chi connectivity index (χ4n) is 3.76. The van der Waals surface area contributed by atoms with Crippen LogP contribution in [-0.4, -0.2) is 45.3 Å². The summed E-state index contributed by atoms with van der Waals surface area (Å²) in [6.45, 7) is 8.33. The molecule has 170 valence electrons. The minimum atomic E-state index is -0.184. The Morgan fingerprint density at radius 3 is 2.34 bits per heavy atom. The van der Waals surface area contributed by atoms with Gasteiger partial charge in [-0.3, -0.25) is 14.2 Å². The number of hydrogen-bond acceptors (Lipinski definition) is 5. The molecule has 0 fully saturated rings. The van der Waals surface area contributed by atoms with E-state index in [0.717, 1.165) is 12.8 Å². The minimum absolute atomic E-state index is 0.0488. The van der Waals surface area contributed by atoms with Crippen molar-refractivity contribution in [3.8, 4) is 11.4 Å². The van der Waals surface area contributed by atoms with Gasteiger partial charge in [0.05, 0.1) is 29.5 Å². The SMILES string of the molecule is CC[C@@H](C)N(C(=O)CSc1nc2ccccc2c(=O)n1-c1ccccc1OC)[C@H](C)CC. The van der Waals surface area contributed by atoms with Crippen LogP contribution in [0.3, 0.4) is 0 Å². The van der Waals surface area contributed by atoms with Crippen LogP contribution in [0.15, 0.2) is 58.5 Å². The molecule has 1 aromatic heterocycles. The number of para-hydroxylation sites is 3. The molecule has 1 heterocycles. The van der Waals surface area contributed by atoms with Crippen molar-refractivity contribution in [1.82, 2.24) is 14.5 Å². The maximum Gasteiger partial charge on any atom is 0.266 e. The first-order valence-corrected chi connectivity index (χ1v) is 12.0. The zero-order chi connectivity index (χ0) is 23.3. The van der Waals surface area contributed by atoms with Crippen LogP contribution >= 0.6 is 11.8 Å². The average Bonchev–Trinajstić information content (AvgIpc) is 2.82. The van der Waals surface area contributed by atoms with Crippen molar-refractivity contribution >= 4 is 28.6 Å². The van der Waals surface area contributed by atoms with Gasteiger partial charge < -0.3 is 9.64 Å². The molecule has 32 heavy (non-hydrogen) atoms. The normalized spacial score (nSPS) is 13.0. The smallest absolute Gasteiger partial charge is 0.266 e. The number of amides is 1. The van der Waals surface area contributed by atoms with Crippen LogP contribution in [0.5, 0.6) is 5.75 Å². The first kappa shape index (κ1) is 23.9. The Hall–Kier alpha value is -2.80. The lowest BCUT2D eigenvalue weighted by Gasteiger charge is -2.34. The molecule has 0 radical (unpaired) electrons. The monoisotopic (exact) mass is 453 g/mol. The molecular formula is C25H31N3O3S. The van der Waals surface area contributed by atoms with Crippen molar-refractivity contribution in [2.45, 2.75) is 57.8 Å². The topological polar surface area (TPSA) is 64.4 Å². The quantitative estimate of drug-likeness (QED) is 0.340. The van der Waals surface area contributed by atoms with E-state index >= 15 is 0 Å². The number of nitrogens with zero attached hydrogens (tertiary/aromatic N) is 3. The number of thioether (sulfide) groups is 1. The lowest BCUT2D eigenvalue weighted by atomic mass is 10.1. The third-order valence-electron chi connectivity index (χ3n) is 5.82. The highest BCUT2D eigenvalue weighted by Gasteiger charge is 2.25. The van der Waals surface area contributed by atoms with E-state index in [0.29, 0.717) is 27.5 Å². The Morgan fingerprint density at radius 2 is 1.69 bits per heavy atom. The van der Waals surface area contributed by atoms with Gasteiger partial charge in [-0.25, -0.2) is 4.98 Å². The molecule has 0 aliphatic heterocycles. The molecule has 7 heteroatoms. The maximum absolute atomic E-state index is 13.5. The van der Waals surface area contributed by atoms with Gasteiger partial charge in [0.1, 0.15) is 5.75 Å². The first-order valence-electron chi connectivity index (χ1n) is 11.0. The van der Waals surface area contributed by atoms with E-state index in [1.165, 1.54) is 11.8 Å². The fourth-order valence-corrected chi connectivity index (χ4v) is 4.63. The number of carbonyl (C=O) groups is 1. The van der Waals surface area contributed by atoms with Crippen molar-refractivity contribution in [2.24, 2.45) is 0 Å². The molecule has 0 N–H and O–H groups in total. The minimum Gasteiger partial charge on any atom is -0.495 e. The molecule has 0 aliphatic carbocycles. The van der Waals surface area contributed by atoms with E-state index in [2.05, 4.69) is 27.7 Å². The van der Waals surface area contributed by atoms with Crippen LogP contribution < -0.4 is 10.3 Å². The van der Waals surface area contributed by atoms with Crippen molar-refractivity contribution in [3.05, 3.63) is 58.9 Å². The third kappa shape index (κ3) is 4.83. The van der Waals surface area contributed by atoms with Crippen LogP contribution in [0.25, 0.3) is 16.6 Å². The second-order valence-electron chi connectivity index (χ2n) is 7.83. The molecule has 2 atom stereocenters. The van der Waals surface area contributed by atoms with Crippen LogP contribution in [0.4, 0.5) is 0 Å². The van der Waals surface area contributed by atoms with Crippen LogP contribution in [-0.2, 0) is 4.79 Å². The van der Waals surface area contributed by atoms with Crippen molar-refractivity contribution in [2.75, 3.05) is 12.9 Å². The van der Waals surface area contributed by atoms with E-state index in [4.69, 9.17) is 9.72 Å². The number of carbonyl (C=O) groups excluding carboxylic acids is 1. The molecule has 3 rings (SSSR count). The van der Waals surface area contributed by atoms with E-state index in [-0.39, 0.29) is 29.3 Å². The van der Waals surface area contributed by atoms with E-state index < -0.39 is 0 Å². The maximum atomic E-state index is 13.5. The molecule has 0 saturated carbocycles. The average molecular weight is 454 g/mol. The summed E-state index contributed by atoms with van der Waals surface area (Å²) in [6.07, 6.45) is 1.78. The van der Waals surface area contributed by atoms with Crippen LogP contribution in [0.2, 0.25) is 0 Å². The molecule has 0 unspecified atom stereocenters. The molecule has 3 aromatic rings. The zero-order valence-electron chi connectivity index (χ0n) is 19.4. The summed E-state index contributed by atoms with van der Waals surface area (Å²) in [5.41, 5.74) is 1.03. The molecule has 1 amide bonds. The number of aromatic nitrogens is 2. The highest BCUT2D eigenvalue weighted by molar-refractivity contribution is 7.99. The Morgan fingerprint density at radius 1 is 1.06 bits per heavy atom. The molecule has 0 spiro atoms. The van der Waals surface area contributed by atoms with Gasteiger partial charge in [0.15, 0.2) is 5.16 Å². The van der Waals surface area contributed by atoms with Crippen LogP contribution in [0, 0.1) is 0 Å². The summed E-state index contributed by atoms with van der Waals surface area (Å²) < 4.78 is 7.06. The fraction of sp³-hybridized carbons (Fsp3) is 0.400. The third-order valence-corrected chi connectivity index (χ3v) is 6.74. The summed E-state index contributed by atoms with van der Waals surface area (Å²) in [4.78, 5) is 33.4. The van der Waals surface area contributed by atoms with Gasteiger partial charge in [-0.15, -0.1) is 0 Å². The molecule has 0 aliphatic rings. The van der Waals surface area contributed by atoms with E-state index in [1.54, 1.807) is 17.7 Å². The molecule has 0 saturated heterocycles. The van der Waals surface area contributed by atoms with E-state index in [9.17, 15) is 9.59 Å². The standard InChI is InChI=1S/C25H31N3O3S/c1-6-17(3)27(18(4)7-2)23(29)16-32-25-26-20-13-9-8-12-19(20)24(30)28(25)21-14-10-11-15-22(21)31-5/h8-15,17-18H,6-7,16H2,1-5H3/t17-,18-/m1/s1. The molecule has 2 aromatic carbocycles. The number of methoxy groups -OCH3 is 1. The van der Waals surface area contributed by atoms with Gasteiger partial charge in [-0.1, -0.05) is 49.9 Å². The number of ether oxygens (including phenoxy) is 1. The Labute approximate surface area is 193 Å². The largest absolute Gasteiger partial charge is 0.495 e. The second-order valence-corrected chi connectivity index (χ2v) is 8.77. The molecular weight excluding hydrogens is 422 g/mol. The van der Waals surface area contributed by atoms with Crippen molar-refractivity contribution in [3.63, 3.8) is 0 Å². The number of hydrogen-bond donors (Lipinski definition) is 0. The predicted octanol–water partition coefficient (Wildman–Crippen LogP) is 4.91. The Kier molecular flexibility index (Phi) is 7.96. The predicted molar refractivity (Wildman–Crippen MR) is 131 cm³/mol. The number of benzene rings is 2. The van der Waals surface area contributed by atoms with Gasteiger partial charge in [0.2, 0.25) is 5.91 Å². The highest BCUT2D eigenvalue weighted by atomic mass is 32.2. The number of rotatable bonds is 9. The lowest BCUT2D eigenvalue weighted by molar-refractivity contribution is -0.132. The summed E-state index contributed by atoms with van der Waals surface area (Å²) in [6, 6.07) is 14.9. The Bertz CT molecular complexity index is 1130. The Balaban J connectivity index is 2.06. The lowest BCUT2D eigenvalue weighted by Crippen LogP contribution is -2.45. The molecule has 6 nitrogen and oxygen atoms in total. The first-order chi connectivity index (χ1) is 15.4. The van der Waals surface area contributed by atoms with Gasteiger partial charge in [-0.2, -0.15) is 0 Å². The second kappa shape index (κ2) is 10.7. The van der Waals surface area contributed by atoms with Gasteiger partial charge >= 0.3 is 0 Å². The van der Waals surface area contributed by atoms with Gasteiger partial charge in [0, 0.05) is 12.1 Å². The zero-order valence-corrected chi connectivity index (χ0v) is 20.2. The summed E-state index contributed by atoms with van der Waals surface area (Å²) >= 11 is 1.29. The summed E-state index contributed by atoms with van der Waals surface area (Å²) in [5.74, 6) is 0.822. The molecule has 0 bridgehead atoms. The summed E-state index contributed by atoms with van der Waals surface area (Å²) in [7, 11) is 1.57. The van der Waals surface area contributed by atoms with Crippen molar-refractivity contribution < 1.29 is 9.53 Å². The van der Waals surface area contributed by atoms with Crippen molar-refractivity contribution in [1.29, 1.82) is 0 Å². The van der Waals surface area contributed by atoms with Crippen LogP contribution in [0.1, 0.15) is 40.5 Å². The highest BCUT2D eigenvalue weighted by Crippen LogP contribution is 2.27. The number of fused-ring (bicyclic) bond motifs is 1. The van der Waals surface area contributed by atoms with Gasteiger partial charge in [-0.05, 0) is 51.0 Å². The van der Waals surface area contributed by atoms with E-state index in [1.807, 2.05) is 47.4 Å². The summed E-state index contributed by atoms with van der Waals surface area (Å²) in [5, 5.41) is 0.995. The van der Waals surface area contributed by atoms with Gasteiger partial charge in [0.25, 0.3) is 5.56 Å².